The van der Waals surface area contributed by atoms with Crippen molar-refractivity contribution in [1.29, 1.82) is 0 Å². The normalized spacial score (nSPS) is 25.6. The van der Waals surface area contributed by atoms with Crippen LogP contribution in [0.1, 0.15) is 45.7 Å². The molecule has 0 spiro atoms. The van der Waals surface area contributed by atoms with Crippen LogP contribution in [0.5, 0.6) is 0 Å². The van der Waals surface area contributed by atoms with E-state index in [4.69, 9.17) is 0 Å². The lowest BCUT2D eigenvalue weighted by atomic mass is 9.94. The van der Waals surface area contributed by atoms with Crippen LogP contribution in [0.4, 0.5) is 0 Å². The van der Waals surface area contributed by atoms with Crippen LogP contribution in [0.25, 0.3) is 0 Å². The molecule has 3 atom stereocenters. The van der Waals surface area contributed by atoms with Gasteiger partial charge in [-0.1, -0.05) is 39.7 Å². The van der Waals surface area contributed by atoms with Crippen molar-refractivity contribution in [2.45, 2.75) is 58.7 Å². The first-order valence-electron chi connectivity index (χ1n) is 8.11. The Kier molecular flexibility index (Phi) is 5.99. The third kappa shape index (κ3) is 4.03. The lowest BCUT2D eigenvalue weighted by Crippen LogP contribution is -2.57. The fourth-order valence-electron chi connectivity index (χ4n) is 3.06. The van der Waals surface area contributed by atoms with Crippen molar-refractivity contribution in [3.8, 4) is 0 Å². The minimum absolute atomic E-state index is 0.622. The molecule has 0 aromatic carbocycles. The van der Waals surface area contributed by atoms with Crippen LogP contribution in [0.3, 0.4) is 0 Å². The third-order valence-corrected chi connectivity index (χ3v) is 4.61. The number of pyridine rings is 1. The highest BCUT2D eigenvalue weighted by atomic mass is 15.2. The number of aromatic nitrogens is 1. The van der Waals surface area contributed by atoms with E-state index in [1.165, 1.54) is 25.0 Å². The van der Waals surface area contributed by atoms with E-state index in [-0.39, 0.29) is 0 Å². The minimum atomic E-state index is 0.622. The molecular formula is C17H29N3. The first-order chi connectivity index (χ1) is 9.74. The van der Waals surface area contributed by atoms with Crippen LogP contribution in [0, 0.1) is 5.92 Å². The maximum Gasteiger partial charge on any atom is 0.0544 e. The number of piperazine rings is 1. The molecule has 3 heteroatoms. The summed E-state index contributed by atoms with van der Waals surface area (Å²) in [6.07, 6.45) is 5.66. The zero-order chi connectivity index (χ0) is 14.4. The molecule has 0 aliphatic carbocycles. The van der Waals surface area contributed by atoms with E-state index in [1.807, 2.05) is 12.3 Å². The van der Waals surface area contributed by atoms with Gasteiger partial charge >= 0.3 is 0 Å². The summed E-state index contributed by atoms with van der Waals surface area (Å²) in [5, 5.41) is 3.76. The molecule has 2 rings (SSSR count). The van der Waals surface area contributed by atoms with E-state index in [2.05, 4.69) is 48.1 Å². The van der Waals surface area contributed by atoms with Crippen LogP contribution in [0.15, 0.2) is 24.4 Å². The van der Waals surface area contributed by atoms with Crippen molar-refractivity contribution in [2.75, 3.05) is 13.1 Å². The molecule has 3 unspecified atom stereocenters. The lowest BCUT2D eigenvalue weighted by Gasteiger charge is -2.42. The Bertz CT molecular complexity index is 379. The zero-order valence-corrected chi connectivity index (χ0v) is 13.2. The van der Waals surface area contributed by atoms with E-state index < -0.39 is 0 Å². The second kappa shape index (κ2) is 7.75. The third-order valence-electron chi connectivity index (χ3n) is 4.61. The highest BCUT2D eigenvalue weighted by Crippen LogP contribution is 2.19. The van der Waals surface area contributed by atoms with E-state index in [0.717, 1.165) is 25.6 Å². The predicted octanol–water partition coefficient (Wildman–Crippen LogP) is 3.07. The minimum Gasteiger partial charge on any atom is -0.311 e. The molecule has 0 amide bonds. The van der Waals surface area contributed by atoms with Gasteiger partial charge in [-0.05, 0) is 24.5 Å². The molecule has 1 saturated heterocycles. The van der Waals surface area contributed by atoms with Crippen LogP contribution in [-0.2, 0) is 6.54 Å². The topological polar surface area (TPSA) is 28.2 Å². The number of nitrogens with zero attached hydrogens (tertiary/aromatic N) is 2. The first kappa shape index (κ1) is 15.5. The number of hydrogen-bond acceptors (Lipinski definition) is 3. The molecular weight excluding hydrogens is 246 g/mol. The lowest BCUT2D eigenvalue weighted by molar-refractivity contribution is 0.0948. The van der Waals surface area contributed by atoms with Gasteiger partial charge in [-0.2, -0.15) is 0 Å². The molecule has 1 fully saturated rings. The molecule has 112 valence electrons. The molecule has 0 saturated carbocycles. The molecule has 1 aliphatic heterocycles. The van der Waals surface area contributed by atoms with Gasteiger partial charge in [0.05, 0.1) is 5.69 Å². The second-order valence-corrected chi connectivity index (χ2v) is 6.09. The van der Waals surface area contributed by atoms with Gasteiger partial charge in [-0.3, -0.25) is 9.88 Å². The van der Waals surface area contributed by atoms with E-state index in [1.54, 1.807) is 0 Å². The fraction of sp³-hybridized carbons (Fsp3) is 0.706. The Morgan fingerprint density at radius 3 is 2.90 bits per heavy atom. The fourth-order valence-corrected chi connectivity index (χ4v) is 3.06. The van der Waals surface area contributed by atoms with Gasteiger partial charge in [0.25, 0.3) is 0 Å². The molecule has 0 radical (unpaired) electrons. The maximum atomic E-state index is 4.50. The van der Waals surface area contributed by atoms with E-state index >= 15 is 0 Å². The Morgan fingerprint density at radius 1 is 1.40 bits per heavy atom. The van der Waals surface area contributed by atoms with E-state index in [9.17, 15) is 0 Å². The highest BCUT2D eigenvalue weighted by Gasteiger charge is 2.29. The van der Waals surface area contributed by atoms with Gasteiger partial charge in [0.15, 0.2) is 0 Å². The number of rotatable bonds is 6. The van der Waals surface area contributed by atoms with Crippen molar-refractivity contribution < 1.29 is 0 Å². The van der Waals surface area contributed by atoms with Crippen LogP contribution >= 0.6 is 0 Å². The van der Waals surface area contributed by atoms with Crippen molar-refractivity contribution >= 4 is 0 Å². The van der Waals surface area contributed by atoms with Gasteiger partial charge in [-0.25, -0.2) is 0 Å². The second-order valence-electron chi connectivity index (χ2n) is 6.09. The summed E-state index contributed by atoms with van der Waals surface area (Å²) in [5.41, 5.74) is 1.19. The summed E-state index contributed by atoms with van der Waals surface area (Å²) < 4.78 is 0. The molecule has 3 nitrogen and oxygen atoms in total. The monoisotopic (exact) mass is 275 g/mol. The molecule has 20 heavy (non-hydrogen) atoms. The predicted molar refractivity (Wildman–Crippen MR) is 84.6 cm³/mol. The Hall–Kier alpha value is -0.930. The van der Waals surface area contributed by atoms with E-state index in [0.29, 0.717) is 12.1 Å². The van der Waals surface area contributed by atoms with Crippen molar-refractivity contribution in [3.05, 3.63) is 30.1 Å². The zero-order valence-electron chi connectivity index (χ0n) is 13.2. The summed E-state index contributed by atoms with van der Waals surface area (Å²) in [6.45, 7) is 10.2. The van der Waals surface area contributed by atoms with Gasteiger partial charge in [0.2, 0.25) is 0 Å². The molecule has 0 bridgehead atoms. The standard InChI is InChI=1S/C17H29N3/c1-4-8-16-11-19-17(14(3)5-2)13-20(16)12-15-9-6-7-10-18-15/h6-7,9-10,14,16-17,19H,4-5,8,11-13H2,1-3H3. The maximum absolute atomic E-state index is 4.50. The highest BCUT2D eigenvalue weighted by molar-refractivity contribution is 5.04. The summed E-state index contributed by atoms with van der Waals surface area (Å²) in [5.74, 6) is 0.740. The SMILES string of the molecule is CCCC1CNC(C(C)CC)CN1Cc1ccccn1. The Balaban J connectivity index is 2.02. The molecule has 2 heterocycles. The molecule has 1 N–H and O–H groups in total. The van der Waals surface area contributed by atoms with Crippen molar-refractivity contribution in [2.24, 2.45) is 5.92 Å². The van der Waals surface area contributed by atoms with Crippen LogP contribution in [0.2, 0.25) is 0 Å². The van der Waals surface area contributed by atoms with Gasteiger partial charge < -0.3 is 5.32 Å². The molecule has 1 aromatic heterocycles. The summed E-state index contributed by atoms with van der Waals surface area (Å²) in [7, 11) is 0. The Labute approximate surface area is 123 Å². The van der Waals surface area contributed by atoms with Gasteiger partial charge in [0.1, 0.15) is 0 Å². The smallest absolute Gasteiger partial charge is 0.0544 e. The molecule has 1 aliphatic rings. The van der Waals surface area contributed by atoms with Crippen molar-refractivity contribution in [3.63, 3.8) is 0 Å². The average molecular weight is 275 g/mol. The quantitative estimate of drug-likeness (QED) is 0.865. The largest absolute Gasteiger partial charge is 0.311 e. The van der Waals surface area contributed by atoms with Crippen LogP contribution < -0.4 is 5.32 Å². The summed E-state index contributed by atoms with van der Waals surface area (Å²) in [6, 6.07) is 7.50. The molecule has 1 aromatic rings. The van der Waals surface area contributed by atoms with Gasteiger partial charge in [0, 0.05) is 37.9 Å². The summed E-state index contributed by atoms with van der Waals surface area (Å²) >= 11 is 0. The number of nitrogens with one attached hydrogen (secondary N) is 1. The van der Waals surface area contributed by atoms with Crippen molar-refractivity contribution in [1.82, 2.24) is 15.2 Å². The average Bonchev–Trinajstić information content (AvgIpc) is 2.49. The van der Waals surface area contributed by atoms with Gasteiger partial charge in [-0.15, -0.1) is 0 Å². The number of hydrogen-bond donors (Lipinski definition) is 1. The van der Waals surface area contributed by atoms with Crippen LogP contribution in [-0.4, -0.2) is 35.1 Å². The Morgan fingerprint density at radius 2 is 2.25 bits per heavy atom. The summed E-state index contributed by atoms with van der Waals surface area (Å²) in [4.78, 5) is 7.13. The first-order valence-corrected chi connectivity index (χ1v) is 8.11.